The van der Waals surface area contributed by atoms with Crippen LogP contribution in [0.1, 0.15) is 19.3 Å². The van der Waals surface area contributed by atoms with Gasteiger partial charge >= 0.3 is 0 Å². The molecule has 0 aromatic heterocycles. The summed E-state index contributed by atoms with van der Waals surface area (Å²) in [5.41, 5.74) is 6.25. The summed E-state index contributed by atoms with van der Waals surface area (Å²) in [5, 5.41) is 9.20. The highest BCUT2D eigenvalue weighted by molar-refractivity contribution is 6.17. The van der Waals surface area contributed by atoms with Crippen molar-refractivity contribution >= 4 is 23.2 Å². The Balaban J connectivity index is 2.42. The highest BCUT2D eigenvalue weighted by atomic mass is 16.3. The number of amides is 2. The van der Waals surface area contributed by atoms with Crippen molar-refractivity contribution in [1.82, 2.24) is 0 Å². The maximum absolute atomic E-state index is 11.6. The number of hydrogen-bond acceptors (Lipinski definition) is 4. The van der Waals surface area contributed by atoms with Crippen molar-refractivity contribution in [3.8, 4) is 5.75 Å². The first kappa shape index (κ1) is 10.5. The molecule has 0 bridgehead atoms. The number of hydrogen-bond donors (Lipinski definition) is 2. The van der Waals surface area contributed by atoms with Crippen LogP contribution in [0.5, 0.6) is 5.75 Å². The van der Waals surface area contributed by atoms with Crippen molar-refractivity contribution in [3.05, 3.63) is 18.2 Å². The van der Waals surface area contributed by atoms with Crippen LogP contribution in [0.15, 0.2) is 18.2 Å². The molecule has 3 N–H and O–H groups in total. The van der Waals surface area contributed by atoms with Crippen molar-refractivity contribution in [2.75, 3.05) is 10.6 Å². The minimum absolute atomic E-state index is 0.0122. The Morgan fingerprint density at radius 1 is 1.19 bits per heavy atom. The first-order valence-electron chi connectivity index (χ1n) is 5.04. The van der Waals surface area contributed by atoms with Gasteiger partial charge in [0.25, 0.3) is 0 Å². The average molecular weight is 220 g/mol. The van der Waals surface area contributed by atoms with Crippen LogP contribution in [0.4, 0.5) is 11.4 Å². The number of benzene rings is 1. The molecule has 0 radical (unpaired) electrons. The third kappa shape index (κ3) is 1.71. The molecule has 1 fully saturated rings. The summed E-state index contributed by atoms with van der Waals surface area (Å²) in [7, 11) is 0. The fourth-order valence-corrected chi connectivity index (χ4v) is 1.77. The van der Waals surface area contributed by atoms with Gasteiger partial charge in [-0.05, 0) is 18.6 Å². The van der Waals surface area contributed by atoms with Crippen LogP contribution in [0, 0.1) is 0 Å². The van der Waals surface area contributed by atoms with Crippen LogP contribution in [0.25, 0.3) is 0 Å². The highest BCUT2D eigenvalue weighted by Gasteiger charge is 2.28. The fraction of sp³-hybridized carbons (Fsp3) is 0.273. The van der Waals surface area contributed by atoms with Crippen molar-refractivity contribution in [2.45, 2.75) is 19.3 Å². The summed E-state index contributed by atoms with van der Waals surface area (Å²) in [6.45, 7) is 0. The molecule has 1 saturated heterocycles. The summed E-state index contributed by atoms with van der Waals surface area (Å²) < 4.78 is 0. The molecular weight excluding hydrogens is 208 g/mol. The van der Waals surface area contributed by atoms with Crippen molar-refractivity contribution in [1.29, 1.82) is 0 Å². The minimum atomic E-state index is -0.242. The summed E-state index contributed by atoms with van der Waals surface area (Å²) in [6, 6.07) is 4.21. The summed E-state index contributed by atoms with van der Waals surface area (Å²) >= 11 is 0. The van der Waals surface area contributed by atoms with Crippen molar-refractivity contribution in [3.63, 3.8) is 0 Å². The lowest BCUT2D eigenvalue weighted by atomic mass is 10.1. The van der Waals surface area contributed by atoms with Gasteiger partial charge in [0, 0.05) is 18.9 Å². The zero-order valence-corrected chi connectivity index (χ0v) is 8.64. The van der Waals surface area contributed by atoms with E-state index in [0.717, 1.165) is 4.90 Å². The molecule has 1 aliphatic heterocycles. The van der Waals surface area contributed by atoms with Gasteiger partial charge in [-0.15, -0.1) is 0 Å². The quantitative estimate of drug-likeness (QED) is 0.546. The second-order valence-electron chi connectivity index (χ2n) is 3.72. The molecule has 5 heteroatoms. The number of phenols is 1. The number of nitrogens with two attached hydrogens (primary N) is 1. The second-order valence-corrected chi connectivity index (χ2v) is 3.72. The molecule has 84 valence electrons. The van der Waals surface area contributed by atoms with Crippen molar-refractivity contribution < 1.29 is 14.7 Å². The van der Waals surface area contributed by atoms with Crippen LogP contribution in [-0.4, -0.2) is 16.9 Å². The molecule has 5 nitrogen and oxygen atoms in total. The molecule has 0 atom stereocenters. The first-order valence-corrected chi connectivity index (χ1v) is 5.04. The lowest BCUT2D eigenvalue weighted by Crippen LogP contribution is -2.40. The smallest absolute Gasteiger partial charge is 0.233 e. The number of rotatable bonds is 1. The molecule has 2 amide bonds. The van der Waals surface area contributed by atoms with Gasteiger partial charge < -0.3 is 10.8 Å². The lowest BCUT2D eigenvalue weighted by molar-refractivity contribution is -0.129. The third-order valence-corrected chi connectivity index (χ3v) is 2.53. The SMILES string of the molecule is Nc1cc(O)ccc1N1C(=O)CCCC1=O. The minimum Gasteiger partial charge on any atom is -0.508 e. The number of nitrogen functional groups attached to an aromatic ring is 1. The molecule has 1 aromatic rings. The molecule has 1 aromatic carbocycles. The van der Waals surface area contributed by atoms with E-state index in [-0.39, 0.29) is 23.3 Å². The third-order valence-electron chi connectivity index (χ3n) is 2.53. The Morgan fingerprint density at radius 2 is 1.81 bits per heavy atom. The zero-order chi connectivity index (χ0) is 11.7. The van der Waals surface area contributed by atoms with E-state index < -0.39 is 0 Å². The van der Waals surface area contributed by atoms with E-state index in [1.54, 1.807) is 0 Å². The van der Waals surface area contributed by atoms with Gasteiger partial charge in [-0.3, -0.25) is 9.59 Å². The number of phenolic OH excluding ortho intramolecular Hbond substituents is 1. The second kappa shape index (κ2) is 3.84. The standard InChI is InChI=1S/C11H12N2O3/c12-8-6-7(14)4-5-9(8)13-10(15)2-1-3-11(13)16/h4-6,14H,1-3,12H2. The van der Waals surface area contributed by atoms with Gasteiger partial charge in [0.2, 0.25) is 11.8 Å². The first-order chi connectivity index (χ1) is 7.59. The van der Waals surface area contributed by atoms with Crippen molar-refractivity contribution in [2.24, 2.45) is 0 Å². The predicted octanol–water partition coefficient (Wildman–Crippen LogP) is 1.02. The number of aromatic hydroxyl groups is 1. The average Bonchev–Trinajstić information content (AvgIpc) is 2.20. The molecular formula is C11H12N2O3. The maximum Gasteiger partial charge on any atom is 0.233 e. The van der Waals surface area contributed by atoms with Crippen LogP contribution in [0.2, 0.25) is 0 Å². The lowest BCUT2D eigenvalue weighted by Gasteiger charge is -2.25. The molecule has 16 heavy (non-hydrogen) atoms. The normalized spacial score (nSPS) is 16.6. The van der Waals surface area contributed by atoms with E-state index in [2.05, 4.69) is 0 Å². The maximum atomic E-state index is 11.6. The van der Waals surface area contributed by atoms with Gasteiger partial charge in [0.05, 0.1) is 11.4 Å². The molecule has 2 rings (SSSR count). The van der Waals surface area contributed by atoms with E-state index in [1.165, 1.54) is 18.2 Å². The Bertz CT molecular complexity index is 441. The Morgan fingerprint density at radius 3 is 2.38 bits per heavy atom. The fourth-order valence-electron chi connectivity index (χ4n) is 1.77. The summed E-state index contributed by atoms with van der Waals surface area (Å²) in [6.07, 6.45) is 1.30. The van der Waals surface area contributed by atoms with Crippen LogP contribution >= 0.6 is 0 Å². The van der Waals surface area contributed by atoms with Crippen LogP contribution in [-0.2, 0) is 9.59 Å². The number of imide groups is 1. The molecule has 1 aliphatic rings. The van der Waals surface area contributed by atoms with E-state index in [0.29, 0.717) is 24.9 Å². The highest BCUT2D eigenvalue weighted by Crippen LogP contribution is 2.30. The zero-order valence-electron chi connectivity index (χ0n) is 8.64. The topological polar surface area (TPSA) is 83.6 Å². The molecule has 1 heterocycles. The van der Waals surface area contributed by atoms with Crippen LogP contribution in [0.3, 0.4) is 0 Å². The van der Waals surface area contributed by atoms with E-state index in [4.69, 9.17) is 5.73 Å². The number of carbonyl (C=O) groups is 2. The van der Waals surface area contributed by atoms with Gasteiger partial charge in [0.1, 0.15) is 5.75 Å². The predicted molar refractivity (Wildman–Crippen MR) is 58.9 cm³/mol. The Labute approximate surface area is 92.5 Å². The summed E-state index contributed by atoms with van der Waals surface area (Å²) in [4.78, 5) is 24.4. The number of nitrogens with zero attached hydrogens (tertiary/aromatic N) is 1. The number of carbonyl (C=O) groups excluding carboxylic acids is 2. The number of piperidine rings is 1. The van der Waals surface area contributed by atoms with Gasteiger partial charge in [-0.2, -0.15) is 0 Å². The van der Waals surface area contributed by atoms with Crippen LogP contribution < -0.4 is 10.6 Å². The molecule has 0 spiro atoms. The van der Waals surface area contributed by atoms with E-state index in [1.807, 2.05) is 0 Å². The molecule has 0 unspecified atom stereocenters. The monoisotopic (exact) mass is 220 g/mol. The Hall–Kier alpha value is -2.04. The molecule has 0 saturated carbocycles. The molecule has 0 aliphatic carbocycles. The van der Waals surface area contributed by atoms with Gasteiger partial charge in [-0.1, -0.05) is 0 Å². The Kier molecular flexibility index (Phi) is 2.52. The number of anilines is 2. The van der Waals surface area contributed by atoms with Gasteiger partial charge in [0.15, 0.2) is 0 Å². The van der Waals surface area contributed by atoms with E-state index in [9.17, 15) is 14.7 Å². The van der Waals surface area contributed by atoms with E-state index >= 15 is 0 Å². The van der Waals surface area contributed by atoms with Gasteiger partial charge in [-0.25, -0.2) is 4.90 Å². The summed E-state index contributed by atoms with van der Waals surface area (Å²) in [5.74, 6) is -0.472. The largest absolute Gasteiger partial charge is 0.508 e.